The third-order valence-corrected chi connectivity index (χ3v) is 6.52. The van der Waals surface area contributed by atoms with Crippen LogP contribution in [-0.4, -0.2) is 105 Å². The molecule has 0 aliphatic carbocycles. The second-order valence-corrected chi connectivity index (χ2v) is 10.2. The van der Waals surface area contributed by atoms with Gasteiger partial charge in [-0.2, -0.15) is 0 Å². The summed E-state index contributed by atoms with van der Waals surface area (Å²) in [5.41, 5.74) is 0.873. The van der Waals surface area contributed by atoms with Crippen LogP contribution in [0.25, 0.3) is 0 Å². The van der Waals surface area contributed by atoms with Gasteiger partial charge in [-0.15, -0.1) is 0 Å². The van der Waals surface area contributed by atoms with Crippen LogP contribution >= 0.6 is 0 Å². The average molecular weight is 662 g/mol. The Morgan fingerprint density at radius 1 is 0.745 bits per heavy atom. The predicted octanol–water partition coefficient (Wildman–Crippen LogP) is -1.82. The van der Waals surface area contributed by atoms with E-state index in [9.17, 15) is 48.3 Å². The highest BCUT2D eigenvalue weighted by atomic mass is 16.5. The lowest BCUT2D eigenvalue weighted by molar-refractivity contribution is -0.142. The summed E-state index contributed by atoms with van der Waals surface area (Å²) in [5, 5.41) is 37.3. The van der Waals surface area contributed by atoms with Crippen LogP contribution in [0.4, 0.5) is 5.69 Å². The van der Waals surface area contributed by atoms with Crippen LogP contribution in [0.5, 0.6) is 0 Å². The highest BCUT2D eigenvalue weighted by Gasteiger charge is 2.31. The minimum atomic E-state index is -1.71. The molecule has 47 heavy (non-hydrogen) atoms. The molecule has 1 aromatic rings. The van der Waals surface area contributed by atoms with E-state index in [1.165, 1.54) is 19.1 Å². The number of ether oxygens (including phenoxy) is 1. The van der Waals surface area contributed by atoms with E-state index >= 15 is 0 Å². The van der Waals surface area contributed by atoms with Crippen molar-refractivity contribution in [2.45, 2.75) is 63.8 Å². The van der Waals surface area contributed by atoms with E-state index in [-0.39, 0.29) is 25.3 Å². The maximum absolute atomic E-state index is 13.0. The summed E-state index contributed by atoms with van der Waals surface area (Å²) < 4.78 is 4.89. The number of carboxylic acid groups (broad SMARTS) is 2. The van der Waals surface area contributed by atoms with Gasteiger partial charge in [-0.3, -0.25) is 48.1 Å². The van der Waals surface area contributed by atoms with Crippen molar-refractivity contribution >= 4 is 59.0 Å². The van der Waals surface area contributed by atoms with Crippen LogP contribution in [0.2, 0.25) is 0 Å². The van der Waals surface area contributed by atoms with Gasteiger partial charge in [0, 0.05) is 50.6 Å². The summed E-state index contributed by atoms with van der Waals surface area (Å²) in [7, 11) is 0. The minimum Gasteiger partial charge on any atom is -0.481 e. The summed E-state index contributed by atoms with van der Waals surface area (Å²) >= 11 is 0. The van der Waals surface area contributed by atoms with Crippen LogP contribution in [0.3, 0.4) is 0 Å². The Labute approximate surface area is 267 Å². The first-order valence-corrected chi connectivity index (χ1v) is 14.2. The number of nitrogens with zero attached hydrogens (tertiary/aromatic N) is 1. The molecule has 0 fully saturated rings. The van der Waals surface area contributed by atoms with Crippen molar-refractivity contribution in [3.05, 3.63) is 42.0 Å². The second-order valence-electron chi connectivity index (χ2n) is 10.2. The fraction of sp³-hybridized carbons (Fsp3) is 0.414. The number of anilines is 1. The van der Waals surface area contributed by atoms with Gasteiger partial charge in [0.15, 0.2) is 0 Å². The number of amides is 6. The number of benzene rings is 1. The van der Waals surface area contributed by atoms with Crippen LogP contribution < -0.4 is 21.3 Å². The maximum Gasteiger partial charge on any atom is 0.303 e. The van der Waals surface area contributed by atoms with Gasteiger partial charge < -0.3 is 41.3 Å². The van der Waals surface area contributed by atoms with Crippen molar-refractivity contribution < 1.29 is 63.2 Å². The van der Waals surface area contributed by atoms with Crippen molar-refractivity contribution in [2.24, 2.45) is 0 Å². The van der Waals surface area contributed by atoms with Gasteiger partial charge in [-0.1, -0.05) is 12.1 Å². The molecular weight excluding hydrogens is 626 g/mol. The molecule has 18 nitrogen and oxygen atoms in total. The maximum atomic E-state index is 13.0. The number of aliphatic hydroxyl groups excluding tert-OH is 1. The quantitative estimate of drug-likeness (QED) is 0.0636. The summed E-state index contributed by atoms with van der Waals surface area (Å²) in [5.74, 6) is -8.14. The van der Waals surface area contributed by atoms with Gasteiger partial charge in [0.1, 0.15) is 24.7 Å². The molecular formula is C29H35N5O13. The molecule has 1 aromatic carbocycles. The van der Waals surface area contributed by atoms with E-state index in [0.717, 1.165) is 17.1 Å². The number of imide groups is 1. The van der Waals surface area contributed by atoms with Crippen molar-refractivity contribution in [3.8, 4) is 0 Å². The highest BCUT2D eigenvalue weighted by molar-refractivity contribution is 6.13. The number of carboxylic acids is 2. The SMILES string of the molecule is CC(=O)OCc1ccc(NC(=O)[C@H](CCC(=O)O)NC(=O)[C@H](CO)NC(=O)[C@@H](CCC(=O)O)NC(=O)CCN2C(=O)C=CC2=O)cc1. The molecule has 2 rings (SSSR count). The van der Waals surface area contributed by atoms with Gasteiger partial charge in [0.2, 0.25) is 23.6 Å². The Kier molecular flexibility index (Phi) is 14.7. The van der Waals surface area contributed by atoms with Gasteiger partial charge in [-0.05, 0) is 30.5 Å². The van der Waals surface area contributed by atoms with E-state index in [0.29, 0.717) is 5.56 Å². The fourth-order valence-corrected chi connectivity index (χ4v) is 4.04. The first-order chi connectivity index (χ1) is 22.2. The Morgan fingerprint density at radius 3 is 1.77 bits per heavy atom. The van der Waals surface area contributed by atoms with Gasteiger partial charge in [-0.25, -0.2) is 0 Å². The van der Waals surface area contributed by atoms with Crippen LogP contribution in [0, 0.1) is 0 Å². The lowest BCUT2D eigenvalue weighted by atomic mass is 10.1. The van der Waals surface area contributed by atoms with Gasteiger partial charge >= 0.3 is 17.9 Å². The summed E-state index contributed by atoms with van der Waals surface area (Å²) in [6.45, 7) is -0.0771. The highest BCUT2D eigenvalue weighted by Crippen LogP contribution is 2.12. The zero-order valence-corrected chi connectivity index (χ0v) is 25.2. The Morgan fingerprint density at radius 2 is 1.26 bits per heavy atom. The molecule has 7 N–H and O–H groups in total. The summed E-state index contributed by atoms with van der Waals surface area (Å²) in [6.07, 6.45) is -0.308. The number of hydrogen-bond acceptors (Lipinski definition) is 11. The van der Waals surface area contributed by atoms with Crippen LogP contribution in [0.15, 0.2) is 36.4 Å². The average Bonchev–Trinajstić information content (AvgIpc) is 3.34. The lowest BCUT2D eigenvalue weighted by Crippen LogP contribution is -2.57. The van der Waals surface area contributed by atoms with Crippen LogP contribution in [0.1, 0.15) is 44.6 Å². The van der Waals surface area contributed by atoms with Gasteiger partial charge in [0.25, 0.3) is 11.8 Å². The molecule has 1 heterocycles. The fourth-order valence-electron chi connectivity index (χ4n) is 4.04. The minimum absolute atomic E-state index is 0.00565. The first-order valence-electron chi connectivity index (χ1n) is 14.2. The standard InChI is InChI=1S/C29H35N5O13/c1-16(36)47-15-17-2-4-18(5-3-17)30-27(44)20(7-11-26(42)43)32-29(46)21(14-35)33-28(45)19(6-10-25(40)41)31-22(37)12-13-34-23(38)8-9-24(34)39/h2-5,8-9,19-21,35H,6-7,10-15H2,1H3,(H,30,44)(H,31,37)(H,32,46)(H,33,45)(H,40,41)(H,42,43)/t19-,20+,21+/m1/s1. The zero-order chi connectivity index (χ0) is 35.1. The summed E-state index contributed by atoms with van der Waals surface area (Å²) in [6, 6.07) is 1.40. The zero-order valence-electron chi connectivity index (χ0n) is 25.2. The third-order valence-electron chi connectivity index (χ3n) is 6.52. The predicted molar refractivity (Wildman–Crippen MR) is 158 cm³/mol. The lowest BCUT2D eigenvalue weighted by Gasteiger charge is -2.24. The Bertz CT molecular complexity index is 1390. The number of aliphatic carboxylic acids is 2. The number of nitrogens with one attached hydrogen (secondary N) is 4. The molecule has 0 unspecified atom stereocenters. The number of hydrogen-bond donors (Lipinski definition) is 7. The topological polar surface area (TPSA) is 275 Å². The van der Waals surface area contributed by atoms with Crippen molar-refractivity contribution in [3.63, 3.8) is 0 Å². The number of aliphatic hydroxyl groups is 1. The molecule has 0 bridgehead atoms. The number of carbonyl (C=O) groups is 9. The van der Waals surface area contributed by atoms with E-state index in [1.807, 2.05) is 0 Å². The van der Waals surface area contributed by atoms with E-state index in [4.69, 9.17) is 14.9 Å². The molecule has 3 atom stereocenters. The third kappa shape index (κ3) is 13.1. The second kappa shape index (κ2) is 18.4. The molecule has 18 heteroatoms. The van der Waals surface area contributed by atoms with E-state index < -0.39 is 104 Å². The summed E-state index contributed by atoms with van der Waals surface area (Å²) in [4.78, 5) is 109. The molecule has 0 radical (unpaired) electrons. The Hall–Kier alpha value is -5.65. The number of esters is 1. The molecule has 254 valence electrons. The largest absolute Gasteiger partial charge is 0.481 e. The molecule has 0 aromatic heterocycles. The van der Waals surface area contributed by atoms with E-state index in [2.05, 4.69) is 21.3 Å². The van der Waals surface area contributed by atoms with Crippen molar-refractivity contribution in [2.75, 3.05) is 18.5 Å². The normalized spacial score (nSPS) is 14.0. The molecule has 1 aliphatic rings. The van der Waals surface area contributed by atoms with E-state index in [1.54, 1.807) is 12.1 Å². The molecule has 0 saturated carbocycles. The molecule has 1 aliphatic heterocycles. The first kappa shape index (κ1) is 37.5. The van der Waals surface area contributed by atoms with Crippen molar-refractivity contribution in [1.29, 1.82) is 0 Å². The smallest absolute Gasteiger partial charge is 0.303 e. The number of carbonyl (C=O) groups excluding carboxylic acids is 7. The monoisotopic (exact) mass is 661 g/mol. The molecule has 0 saturated heterocycles. The number of rotatable bonds is 19. The van der Waals surface area contributed by atoms with Crippen LogP contribution in [-0.2, 0) is 54.5 Å². The van der Waals surface area contributed by atoms with Gasteiger partial charge in [0.05, 0.1) is 6.61 Å². The molecule has 6 amide bonds. The molecule has 0 spiro atoms. The van der Waals surface area contributed by atoms with Crippen molar-refractivity contribution in [1.82, 2.24) is 20.9 Å². The Balaban J connectivity index is 2.07.